The van der Waals surface area contributed by atoms with Gasteiger partial charge in [0.05, 0.1) is 6.61 Å². The van der Waals surface area contributed by atoms with Crippen LogP contribution in [0.3, 0.4) is 0 Å². The summed E-state index contributed by atoms with van der Waals surface area (Å²) in [6, 6.07) is 8.03. The lowest BCUT2D eigenvalue weighted by Crippen LogP contribution is -2.59. The van der Waals surface area contributed by atoms with E-state index in [1.54, 1.807) is 31.2 Å². The Labute approximate surface area is 154 Å². The highest BCUT2D eigenvalue weighted by atomic mass is 16.5. The number of rotatable bonds is 7. The van der Waals surface area contributed by atoms with Crippen LogP contribution in [0.2, 0.25) is 0 Å². The summed E-state index contributed by atoms with van der Waals surface area (Å²) in [5.41, 5.74) is -0.482. The van der Waals surface area contributed by atoms with Crippen molar-refractivity contribution in [2.24, 2.45) is 5.92 Å². The van der Waals surface area contributed by atoms with Gasteiger partial charge in [0.2, 0.25) is 5.91 Å². The Kier molecular flexibility index (Phi) is 6.77. The molecular weight excluding hydrogens is 332 g/mol. The predicted octanol–water partition coefficient (Wildman–Crippen LogP) is 2.43. The Hall–Kier alpha value is -2.37. The molecule has 2 amide bonds. The van der Waals surface area contributed by atoms with Gasteiger partial charge in [0.1, 0.15) is 11.6 Å². The number of hydrogen-bond acceptors (Lipinski definition) is 4. The third kappa shape index (κ3) is 4.62. The van der Waals surface area contributed by atoms with Crippen LogP contribution in [-0.4, -0.2) is 36.0 Å². The van der Waals surface area contributed by atoms with E-state index in [4.69, 9.17) is 4.74 Å². The van der Waals surface area contributed by atoms with Crippen LogP contribution in [0, 0.1) is 5.92 Å². The molecule has 6 nitrogen and oxygen atoms in total. The van der Waals surface area contributed by atoms with Crippen LogP contribution in [0.1, 0.15) is 56.8 Å². The van der Waals surface area contributed by atoms with Gasteiger partial charge in [-0.05, 0) is 37.8 Å². The van der Waals surface area contributed by atoms with Crippen molar-refractivity contribution in [3.63, 3.8) is 0 Å². The van der Waals surface area contributed by atoms with Gasteiger partial charge in [-0.1, -0.05) is 44.9 Å². The second kappa shape index (κ2) is 8.83. The number of hydrogen-bond donors (Lipinski definition) is 2. The summed E-state index contributed by atoms with van der Waals surface area (Å²) in [6.45, 7) is 5.75. The second-order valence-corrected chi connectivity index (χ2v) is 7.06. The van der Waals surface area contributed by atoms with Crippen LogP contribution >= 0.6 is 0 Å². The maximum atomic E-state index is 12.9. The van der Waals surface area contributed by atoms with Crippen LogP contribution in [0.5, 0.6) is 0 Å². The minimum atomic E-state index is -0.974. The molecule has 0 saturated heterocycles. The van der Waals surface area contributed by atoms with Crippen molar-refractivity contribution < 1.29 is 19.1 Å². The van der Waals surface area contributed by atoms with E-state index in [-0.39, 0.29) is 30.3 Å². The summed E-state index contributed by atoms with van der Waals surface area (Å²) in [7, 11) is 0. The Morgan fingerprint density at radius 2 is 1.73 bits per heavy atom. The fourth-order valence-corrected chi connectivity index (χ4v) is 3.29. The van der Waals surface area contributed by atoms with Crippen LogP contribution in [0.15, 0.2) is 30.3 Å². The molecule has 1 aliphatic rings. The molecule has 0 heterocycles. The number of nitrogens with one attached hydrogen (secondary N) is 2. The first-order chi connectivity index (χ1) is 12.4. The lowest BCUT2D eigenvalue weighted by atomic mass is 9.95. The number of amides is 2. The highest BCUT2D eigenvalue weighted by molar-refractivity contribution is 5.98. The Morgan fingerprint density at radius 1 is 1.12 bits per heavy atom. The average molecular weight is 360 g/mol. The van der Waals surface area contributed by atoms with E-state index >= 15 is 0 Å². The molecule has 2 N–H and O–H groups in total. The van der Waals surface area contributed by atoms with Crippen LogP contribution in [0.25, 0.3) is 0 Å². The predicted molar refractivity (Wildman–Crippen MR) is 98.5 cm³/mol. The molecule has 26 heavy (non-hydrogen) atoms. The van der Waals surface area contributed by atoms with Crippen molar-refractivity contribution in [1.82, 2.24) is 10.6 Å². The van der Waals surface area contributed by atoms with Crippen molar-refractivity contribution in [2.45, 2.75) is 58.0 Å². The summed E-state index contributed by atoms with van der Waals surface area (Å²) in [5.74, 6) is -1.17. The molecule has 0 aliphatic heterocycles. The Bertz CT molecular complexity index is 636. The minimum Gasteiger partial charge on any atom is -0.464 e. The molecule has 0 aromatic heterocycles. The number of carbonyl (C=O) groups is 3. The maximum Gasteiger partial charge on any atom is 0.331 e. The van der Waals surface area contributed by atoms with Gasteiger partial charge in [0.15, 0.2) is 0 Å². The second-order valence-electron chi connectivity index (χ2n) is 7.06. The molecule has 6 heteroatoms. The number of carbonyl (C=O) groups excluding carboxylic acids is 3. The van der Waals surface area contributed by atoms with Crippen molar-refractivity contribution >= 4 is 17.8 Å². The van der Waals surface area contributed by atoms with Gasteiger partial charge in [-0.3, -0.25) is 9.59 Å². The van der Waals surface area contributed by atoms with E-state index in [0.717, 1.165) is 12.8 Å². The summed E-state index contributed by atoms with van der Waals surface area (Å²) in [6.07, 6.45) is 2.85. The fourth-order valence-electron chi connectivity index (χ4n) is 3.29. The first-order valence-corrected chi connectivity index (χ1v) is 9.25. The molecule has 1 saturated carbocycles. The van der Waals surface area contributed by atoms with E-state index in [9.17, 15) is 14.4 Å². The van der Waals surface area contributed by atoms with E-state index < -0.39 is 11.6 Å². The fraction of sp³-hybridized carbons (Fsp3) is 0.550. The summed E-state index contributed by atoms with van der Waals surface area (Å²) in [4.78, 5) is 37.7. The average Bonchev–Trinajstić information content (AvgIpc) is 3.09. The molecular formula is C20H28N2O4. The lowest BCUT2D eigenvalue weighted by molar-refractivity contribution is -0.153. The van der Waals surface area contributed by atoms with Gasteiger partial charge >= 0.3 is 5.97 Å². The zero-order valence-corrected chi connectivity index (χ0v) is 15.7. The third-order valence-electron chi connectivity index (χ3n) is 4.76. The highest BCUT2D eigenvalue weighted by Crippen LogP contribution is 2.31. The minimum absolute atomic E-state index is 0.122. The van der Waals surface area contributed by atoms with Crippen molar-refractivity contribution in [3.05, 3.63) is 35.9 Å². The van der Waals surface area contributed by atoms with Crippen molar-refractivity contribution in [2.75, 3.05) is 6.61 Å². The first kappa shape index (κ1) is 19.9. The quantitative estimate of drug-likeness (QED) is 0.732. The zero-order chi connectivity index (χ0) is 19.2. The van der Waals surface area contributed by atoms with Gasteiger partial charge in [0, 0.05) is 5.56 Å². The SMILES string of the molecule is CCOC(=O)C1(NC(=O)C(NC(=O)c2ccccc2)C(C)C)CCCC1. The molecule has 1 atom stereocenters. The molecule has 0 bridgehead atoms. The number of esters is 1. The van der Waals surface area contributed by atoms with Gasteiger partial charge in [0.25, 0.3) is 5.91 Å². The highest BCUT2D eigenvalue weighted by Gasteiger charge is 2.45. The summed E-state index contributed by atoms with van der Waals surface area (Å²) >= 11 is 0. The van der Waals surface area contributed by atoms with Gasteiger partial charge in [-0.15, -0.1) is 0 Å². The molecule has 1 aliphatic carbocycles. The molecule has 1 fully saturated rings. The standard InChI is InChI=1S/C20H28N2O4/c1-4-26-19(25)20(12-8-9-13-20)22-18(24)16(14(2)3)21-17(23)15-10-6-5-7-11-15/h5-7,10-11,14,16H,4,8-9,12-13H2,1-3H3,(H,21,23)(H,22,24). The van der Waals surface area contributed by atoms with Crippen LogP contribution in [-0.2, 0) is 14.3 Å². The normalized spacial score (nSPS) is 16.8. The zero-order valence-electron chi connectivity index (χ0n) is 15.7. The van der Waals surface area contributed by atoms with Gasteiger partial charge < -0.3 is 15.4 Å². The molecule has 1 unspecified atom stereocenters. The lowest BCUT2D eigenvalue weighted by Gasteiger charge is -2.31. The van der Waals surface area contributed by atoms with E-state index in [0.29, 0.717) is 18.4 Å². The Morgan fingerprint density at radius 3 is 2.27 bits per heavy atom. The monoisotopic (exact) mass is 360 g/mol. The Balaban J connectivity index is 2.12. The largest absolute Gasteiger partial charge is 0.464 e. The number of ether oxygens (including phenoxy) is 1. The molecule has 0 radical (unpaired) electrons. The van der Waals surface area contributed by atoms with E-state index in [2.05, 4.69) is 10.6 Å². The van der Waals surface area contributed by atoms with Gasteiger partial charge in [-0.25, -0.2) is 4.79 Å². The smallest absolute Gasteiger partial charge is 0.331 e. The van der Waals surface area contributed by atoms with Crippen molar-refractivity contribution in [3.8, 4) is 0 Å². The molecule has 1 aromatic carbocycles. The molecule has 142 valence electrons. The van der Waals surface area contributed by atoms with Crippen LogP contribution < -0.4 is 10.6 Å². The van der Waals surface area contributed by atoms with E-state index in [1.807, 2.05) is 19.9 Å². The van der Waals surface area contributed by atoms with Crippen LogP contribution in [0.4, 0.5) is 0 Å². The maximum absolute atomic E-state index is 12.9. The topological polar surface area (TPSA) is 84.5 Å². The van der Waals surface area contributed by atoms with Crippen molar-refractivity contribution in [1.29, 1.82) is 0 Å². The molecule has 1 aromatic rings. The first-order valence-electron chi connectivity index (χ1n) is 9.25. The number of benzene rings is 1. The summed E-state index contributed by atoms with van der Waals surface area (Å²) in [5, 5.41) is 5.68. The third-order valence-corrected chi connectivity index (χ3v) is 4.76. The summed E-state index contributed by atoms with van der Waals surface area (Å²) < 4.78 is 5.18. The molecule has 2 rings (SSSR count). The molecule has 0 spiro atoms. The van der Waals surface area contributed by atoms with E-state index in [1.165, 1.54) is 0 Å². The van der Waals surface area contributed by atoms with Gasteiger partial charge in [-0.2, -0.15) is 0 Å².